The van der Waals surface area contributed by atoms with Gasteiger partial charge in [0.05, 0.1) is 0 Å². The van der Waals surface area contributed by atoms with Crippen LogP contribution in [0.1, 0.15) is 18.4 Å². The summed E-state index contributed by atoms with van der Waals surface area (Å²) in [7, 11) is 0. The van der Waals surface area contributed by atoms with Gasteiger partial charge >= 0.3 is 0 Å². The van der Waals surface area contributed by atoms with Gasteiger partial charge in [0.15, 0.2) is 0 Å². The Morgan fingerprint density at radius 2 is 1.64 bits per heavy atom. The Hall–Kier alpha value is -0.860. The Bertz CT molecular complexity index is 229. The van der Waals surface area contributed by atoms with E-state index in [1.807, 2.05) is 18.2 Å². The van der Waals surface area contributed by atoms with Crippen LogP contribution in [0.3, 0.4) is 0 Å². The van der Waals surface area contributed by atoms with Crippen molar-refractivity contribution in [1.29, 1.82) is 0 Å². The van der Waals surface area contributed by atoms with Crippen LogP contribution in [0.15, 0.2) is 30.3 Å². The minimum Gasteiger partial charge on any atom is -0.396 e. The van der Waals surface area contributed by atoms with Crippen molar-refractivity contribution in [2.75, 3.05) is 13.2 Å². The quantitative estimate of drug-likeness (QED) is 0.722. The van der Waals surface area contributed by atoms with Crippen molar-refractivity contribution in [2.24, 2.45) is 5.92 Å². The third kappa shape index (κ3) is 3.90. The molecular weight excluding hydrogens is 176 g/mol. The molecule has 0 saturated heterocycles. The largest absolute Gasteiger partial charge is 0.396 e. The molecule has 0 aromatic heterocycles. The van der Waals surface area contributed by atoms with E-state index in [4.69, 9.17) is 10.2 Å². The summed E-state index contributed by atoms with van der Waals surface area (Å²) in [4.78, 5) is 0. The number of aliphatic hydroxyl groups is 2. The molecule has 0 aliphatic rings. The predicted molar refractivity (Wildman–Crippen MR) is 57.0 cm³/mol. The van der Waals surface area contributed by atoms with Gasteiger partial charge in [-0.3, -0.25) is 0 Å². The summed E-state index contributed by atoms with van der Waals surface area (Å²) < 4.78 is 0. The lowest BCUT2D eigenvalue weighted by molar-refractivity contribution is 0.142. The molecule has 1 aromatic rings. The van der Waals surface area contributed by atoms with Crippen LogP contribution in [0.5, 0.6) is 0 Å². The Balaban J connectivity index is 2.21. The maximum atomic E-state index is 8.86. The number of hydrogen-bond acceptors (Lipinski definition) is 2. The Kier molecular flexibility index (Phi) is 5.27. The van der Waals surface area contributed by atoms with Crippen molar-refractivity contribution in [3.05, 3.63) is 35.9 Å². The average Bonchev–Trinajstić information content (AvgIpc) is 2.26. The van der Waals surface area contributed by atoms with E-state index < -0.39 is 0 Å². The number of benzene rings is 1. The molecule has 1 aromatic carbocycles. The molecule has 0 spiro atoms. The molecule has 0 aliphatic heterocycles. The highest BCUT2D eigenvalue weighted by molar-refractivity contribution is 5.14. The smallest absolute Gasteiger partial charge is 0.0481 e. The first-order valence-electron chi connectivity index (χ1n) is 5.12. The van der Waals surface area contributed by atoms with Crippen LogP contribution in [-0.4, -0.2) is 23.4 Å². The molecule has 0 amide bonds. The number of aryl methyl sites for hydroxylation is 1. The van der Waals surface area contributed by atoms with Crippen LogP contribution in [0, 0.1) is 5.92 Å². The summed E-state index contributed by atoms with van der Waals surface area (Å²) in [6, 6.07) is 10.3. The fraction of sp³-hybridized carbons (Fsp3) is 0.500. The number of aliphatic hydroxyl groups excluding tert-OH is 2. The summed E-state index contributed by atoms with van der Waals surface area (Å²) in [6.07, 6.45) is 2.94. The summed E-state index contributed by atoms with van der Waals surface area (Å²) >= 11 is 0. The van der Waals surface area contributed by atoms with Crippen LogP contribution in [0.4, 0.5) is 0 Å². The highest BCUT2D eigenvalue weighted by Gasteiger charge is 2.04. The van der Waals surface area contributed by atoms with Gasteiger partial charge in [0.25, 0.3) is 0 Å². The molecule has 2 nitrogen and oxygen atoms in total. The molecule has 0 fully saturated rings. The van der Waals surface area contributed by atoms with Crippen molar-refractivity contribution in [2.45, 2.75) is 19.3 Å². The van der Waals surface area contributed by atoms with Crippen LogP contribution >= 0.6 is 0 Å². The number of rotatable bonds is 6. The first kappa shape index (κ1) is 11.2. The fourth-order valence-electron chi connectivity index (χ4n) is 1.48. The summed E-state index contributed by atoms with van der Waals surface area (Å²) in [5.74, 6) is 0.0544. The van der Waals surface area contributed by atoms with E-state index >= 15 is 0 Å². The Morgan fingerprint density at radius 3 is 2.21 bits per heavy atom. The lowest BCUT2D eigenvalue weighted by Gasteiger charge is -2.09. The van der Waals surface area contributed by atoms with E-state index in [2.05, 4.69) is 12.1 Å². The van der Waals surface area contributed by atoms with Gasteiger partial charge in [0.1, 0.15) is 0 Å². The van der Waals surface area contributed by atoms with Gasteiger partial charge in [-0.1, -0.05) is 30.3 Å². The van der Waals surface area contributed by atoms with Gasteiger partial charge in [-0.15, -0.1) is 0 Å². The van der Waals surface area contributed by atoms with Crippen LogP contribution in [-0.2, 0) is 6.42 Å². The SMILES string of the molecule is OCC(CO)CCCc1ccccc1. The minimum atomic E-state index is 0.0544. The third-order valence-corrected chi connectivity index (χ3v) is 2.44. The maximum absolute atomic E-state index is 8.86. The van der Waals surface area contributed by atoms with Gasteiger partial charge in [-0.25, -0.2) is 0 Å². The molecule has 78 valence electrons. The van der Waals surface area contributed by atoms with E-state index in [1.165, 1.54) is 5.56 Å². The van der Waals surface area contributed by atoms with Crippen LogP contribution < -0.4 is 0 Å². The van der Waals surface area contributed by atoms with E-state index in [1.54, 1.807) is 0 Å². The zero-order valence-electron chi connectivity index (χ0n) is 8.39. The second-order valence-electron chi connectivity index (χ2n) is 3.61. The monoisotopic (exact) mass is 194 g/mol. The molecule has 2 N–H and O–H groups in total. The van der Waals surface area contributed by atoms with Crippen molar-refractivity contribution in [3.63, 3.8) is 0 Å². The first-order chi connectivity index (χ1) is 6.86. The molecule has 1 rings (SSSR count). The van der Waals surface area contributed by atoms with Crippen molar-refractivity contribution in [3.8, 4) is 0 Å². The zero-order valence-corrected chi connectivity index (χ0v) is 8.39. The summed E-state index contributed by atoms with van der Waals surface area (Å²) in [6.45, 7) is 0.177. The molecule has 0 unspecified atom stereocenters. The normalized spacial score (nSPS) is 10.8. The van der Waals surface area contributed by atoms with Gasteiger partial charge in [0, 0.05) is 19.1 Å². The van der Waals surface area contributed by atoms with Gasteiger partial charge < -0.3 is 10.2 Å². The second kappa shape index (κ2) is 6.57. The summed E-state index contributed by atoms with van der Waals surface area (Å²) in [5.41, 5.74) is 1.32. The highest BCUT2D eigenvalue weighted by atomic mass is 16.3. The topological polar surface area (TPSA) is 40.5 Å². The standard InChI is InChI=1S/C12H18O2/c13-9-12(10-14)8-4-7-11-5-2-1-3-6-11/h1-3,5-6,12-14H,4,7-10H2. The van der Waals surface area contributed by atoms with Crippen molar-refractivity contribution in [1.82, 2.24) is 0 Å². The van der Waals surface area contributed by atoms with Gasteiger partial charge in [-0.2, -0.15) is 0 Å². The van der Waals surface area contributed by atoms with Crippen molar-refractivity contribution >= 4 is 0 Å². The number of hydrogen-bond donors (Lipinski definition) is 2. The zero-order chi connectivity index (χ0) is 10.2. The van der Waals surface area contributed by atoms with E-state index in [-0.39, 0.29) is 19.1 Å². The molecule has 0 bridgehead atoms. The lowest BCUT2D eigenvalue weighted by Crippen LogP contribution is -2.10. The molecule has 0 radical (unpaired) electrons. The molecular formula is C12H18O2. The average molecular weight is 194 g/mol. The summed E-state index contributed by atoms with van der Waals surface area (Å²) in [5, 5.41) is 17.7. The Labute approximate surface area is 85.2 Å². The van der Waals surface area contributed by atoms with E-state index in [0.29, 0.717) is 0 Å². The fourth-order valence-corrected chi connectivity index (χ4v) is 1.48. The maximum Gasteiger partial charge on any atom is 0.0481 e. The molecule has 0 saturated carbocycles. The molecule has 14 heavy (non-hydrogen) atoms. The minimum absolute atomic E-state index is 0.0544. The molecule has 2 heteroatoms. The molecule has 0 aliphatic carbocycles. The lowest BCUT2D eigenvalue weighted by atomic mass is 10.0. The highest BCUT2D eigenvalue weighted by Crippen LogP contribution is 2.09. The van der Waals surface area contributed by atoms with Gasteiger partial charge in [-0.05, 0) is 24.8 Å². The van der Waals surface area contributed by atoms with Crippen LogP contribution in [0.25, 0.3) is 0 Å². The van der Waals surface area contributed by atoms with Gasteiger partial charge in [0.2, 0.25) is 0 Å². The molecule has 0 atom stereocenters. The third-order valence-electron chi connectivity index (χ3n) is 2.44. The van der Waals surface area contributed by atoms with Crippen LogP contribution in [0.2, 0.25) is 0 Å². The van der Waals surface area contributed by atoms with Crippen molar-refractivity contribution < 1.29 is 10.2 Å². The molecule has 0 heterocycles. The first-order valence-corrected chi connectivity index (χ1v) is 5.12. The second-order valence-corrected chi connectivity index (χ2v) is 3.61. The van der Waals surface area contributed by atoms with E-state index in [0.717, 1.165) is 19.3 Å². The predicted octanol–water partition coefficient (Wildman–Crippen LogP) is 1.61. The van der Waals surface area contributed by atoms with E-state index in [9.17, 15) is 0 Å². The Morgan fingerprint density at radius 1 is 1.00 bits per heavy atom.